The molecule has 2 rings (SSSR count). The third-order valence-electron chi connectivity index (χ3n) is 3.94. The Bertz CT molecular complexity index is 661. The molecular weight excluding hydrogens is 276 g/mol. The number of hydrogen-bond donors (Lipinski definition) is 1. The van der Waals surface area contributed by atoms with Gasteiger partial charge in [0.25, 0.3) is 0 Å². The topological polar surface area (TPSA) is 46.5 Å². The molecule has 0 aliphatic carbocycles. The lowest BCUT2D eigenvalue weighted by molar-refractivity contribution is -0.145. The Balaban J connectivity index is 2.20. The molecule has 0 unspecified atom stereocenters. The summed E-state index contributed by atoms with van der Waals surface area (Å²) in [5, 5.41) is 9.46. The van der Waals surface area contributed by atoms with Crippen molar-refractivity contribution in [1.82, 2.24) is 0 Å². The quantitative estimate of drug-likeness (QED) is 0.878. The molecule has 0 heterocycles. The first kappa shape index (κ1) is 16.1. The van der Waals surface area contributed by atoms with Crippen molar-refractivity contribution in [2.24, 2.45) is 0 Å². The van der Waals surface area contributed by atoms with Gasteiger partial charge < -0.3 is 9.84 Å². The fourth-order valence-corrected chi connectivity index (χ4v) is 2.43. The molecule has 0 amide bonds. The van der Waals surface area contributed by atoms with E-state index in [0.29, 0.717) is 12.2 Å². The lowest BCUT2D eigenvalue weighted by Crippen LogP contribution is -2.29. The summed E-state index contributed by atoms with van der Waals surface area (Å²) < 4.78 is 5.72. The van der Waals surface area contributed by atoms with Gasteiger partial charge in [-0.2, -0.15) is 0 Å². The highest BCUT2D eigenvalue weighted by molar-refractivity contribution is 5.73. The zero-order valence-electron chi connectivity index (χ0n) is 13.3. The number of carboxylic acids is 1. The minimum Gasteiger partial charge on any atom is -0.478 e. The molecule has 0 aromatic heterocycles. The van der Waals surface area contributed by atoms with Crippen LogP contribution in [-0.2, 0) is 17.6 Å². The van der Waals surface area contributed by atoms with E-state index >= 15 is 0 Å². The maximum Gasteiger partial charge on any atom is 0.345 e. The number of benzene rings is 2. The largest absolute Gasteiger partial charge is 0.478 e. The van der Waals surface area contributed by atoms with E-state index in [9.17, 15) is 9.90 Å². The number of ether oxygens (including phenoxy) is 1. The second-order valence-electron chi connectivity index (χ2n) is 5.52. The Morgan fingerprint density at radius 1 is 1.09 bits per heavy atom. The van der Waals surface area contributed by atoms with Gasteiger partial charge in [-0.25, -0.2) is 4.79 Å². The van der Waals surface area contributed by atoms with Crippen LogP contribution in [0.15, 0.2) is 42.5 Å². The van der Waals surface area contributed by atoms with Crippen LogP contribution in [0.5, 0.6) is 5.75 Å². The van der Waals surface area contributed by atoms with Crippen LogP contribution in [0.4, 0.5) is 0 Å². The van der Waals surface area contributed by atoms with E-state index in [1.54, 1.807) is 0 Å². The van der Waals surface area contributed by atoms with Crippen LogP contribution >= 0.6 is 0 Å². The highest BCUT2D eigenvalue weighted by atomic mass is 16.5. The summed E-state index contributed by atoms with van der Waals surface area (Å²) in [7, 11) is 0. The molecule has 1 N–H and O–H groups in total. The highest BCUT2D eigenvalue weighted by Gasteiger charge is 2.21. The predicted octanol–water partition coefficient (Wildman–Crippen LogP) is 3.94. The second-order valence-corrected chi connectivity index (χ2v) is 5.52. The number of carboxylic acid groups (broad SMARTS) is 1. The minimum absolute atomic E-state index is 0.367. The number of hydrogen-bond acceptors (Lipinski definition) is 2. The van der Waals surface area contributed by atoms with Crippen LogP contribution in [-0.4, -0.2) is 17.2 Å². The summed E-state index contributed by atoms with van der Waals surface area (Å²) in [6, 6.07) is 13.6. The van der Waals surface area contributed by atoms with Gasteiger partial charge in [0, 0.05) is 6.42 Å². The van der Waals surface area contributed by atoms with Crippen LogP contribution < -0.4 is 4.74 Å². The van der Waals surface area contributed by atoms with E-state index in [2.05, 4.69) is 6.92 Å². The van der Waals surface area contributed by atoms with Gasteiger partial charge in [0.1, 0.15) is 5.75 Å². The third-order valence-corrected chi connectivity index (χ3v) is 3.94. The number of rotatable bonds is 6. The van der Waals surface area contributed by atoms with Crippen molar-refractivity contribution in [1.29, 1.82) is 0 Å². The molecular formula is C19H22O3. The summed E-state index contributed by atoms with van der Waals surface area (Å²) in [5.74, 6) is -0.339. The first-order valence-electron chi connectivity index (χ1n) is 7.54. The number of aliphatic carboxylic acids is 1. The van der Waals surface area contributed by atoms with Crippen molar-refractivity contribution in [2.75, 3.05) is 0 Å². The van der Waals surface area contributed by atoms with E-state index in [1.807, 2.05) is 56.3 Å². The molecule has 0 saturated heterocycles. The molecule has 2 aromatic rings. The van der Waals surface area contributed by atoms with Gasteiger partial charge >= 0.3 is 5.97 Å². The van der Waals surface area contributed by atoms with E-state index in [0.717, 1.165) is 28.7 Å². The van der Waals surface area contributed by atoms with Crippen LogP contribution in [0.2, 0.25) is 0 Å². The molecule has 0 spiro atoms. The number of aryl methyl sites for hydroxylation is 3. The molecule has 0 aliphatic rings. The molecule has 116 valence electrons. The number of carbonyl (C=O) groups is 1. The minimum atomic E-state index is -0.941. The first-order valence-corrected chi connectivity index (χ1v) is 7.54. The normalized spacial score (nSPS) is 12.0. The molecule has 3 nitrogen and oxygen atoms in total. The van der Waals surface area contributed by atoms with Gasteiger partial charge in [0.15, 0.2) is 6.10 Å². The van der Waals surface area contributed by atoms with Crippen molar-refractivity contribution in [3.8, 4) is 5.75 Å². The van der Waals surface area contributed by atoms with Gasteiger partial charge in [-0.15, -0.1) is 0 Å². The fourth-order valence-electron chi connectivity index (χ4n) is 2.43. The van der Waals surface area contributed by atoms with Gasteiger partial charge in [-0.3, -0.25) is 0 Å². The molecule has 0 fully saturated rings. The lowest BCUT2D eigenvalue weighted by atomic mass is 10.00. The summed E-state index contributed by atoms with van der Waals surface area (Å²) in [6.07, 6.45) is 0.369. The molecule has 3 heteroatoms. The van der Waals surface area contributed by atoms with Crippen molar-refractivity contribution in [2.45, 2.75) is 39.7 Å². The van der Waals surface area contributed by atoms with Crippen LogP contribution in [0, 0.1) is 13.8 Å². The fraction of sp³-hybridized carbons (Fsp3) is 0.316. The molecule has 0 bridgehead atoms. The Labute approximate surface area is 131 Å². The maximum absolute atomic E-state index is 11.5. The van der Waals surface area contributed by atoms with Crippen molar-refractivity contribution in [3.63, 3.8) is 0 Å². The monoisotopic (exact) mass is 298 g/mol. The van der Waals surface area contributed by atoms with Crippen LogP contribution in [0.25, 0.3) is 0 Å². The average Bonchev–Trinajstić information content (AvgIpc) is 2.50. The summed E-state index contributed by atoms with van der Waals surface area (Å²) in [5.41, 5.74) is 4.45. The van der Waals surface area contributed by atoms with Crippen molar-refractivity contribution in [3.05, 3.63) is 64.7 Å². The van der Waals surface area contributed by atoms with Gasteiger partial charge in [-0.1, -0.05) is 37.3 Å². The molecule has 0 saturated carbocycles. The second kappa shape index (κ2) is 7.12. The highest BCUT2D eigenvalue weighted by Crippen LogP contribution is 2.20. The zero-order valence-corrected chi connectivity index (χ0v) is 13.3. The standard InChI is InChI=1S/C19H22O3/c1-4-15-7-5-6-8-16(15)12-18(19(20)21)22-17-10-9-13(2)14(3)11-17/h5-11,18H,4,12H2,1-3H3,(H,20,21)/t18-/m0/s1. The zero-order chi connectivity index (χ0) is 16.1. The third kappa shape index (κ3) is 3.88. The Kier molecular flexibility index (Phi) is 5.21. The Morgan fingerprint density at radius 3 is 2.36 bits per heavy atom. The van der Waals surface area contributed by atoms with Gasteiger partial charge in [-0.05, 0) is 54.7 Å². The van der Waals surface area contributed by atoms with E-state index in [-0.39, 0.29) is 0 Å². The molecule has 22 heavy (non-hydrogen) atoms. The first-order chi connectivity index (χ1) is 10.5. The van der Waals surface area contributed by atoms with E-state index in [1.165, 1.54) is 0 Å². The Morgan fingerprint density at radius 2 is 1.77 bits per heavy atom. The van der Waals surface area contributed by atoms with Crippen LogP contribution in [0.1, 0.15) is 29.2 Å². The molecule has 0 radical (unpaired) electrons. The van der Waals surface area contributed by atoms with E-state index in [4.69, 9.17) is 4.74 Å². The van der Waals surface area contributed by atoms with Crippen molar-refractivity contribution >= 4 is 5.97 Å². The predicted molar refractivity (Wildman–Crippen MR) is 87.5 cm³/mol. The summed E-state index contributed by atoms with van der Waals surface area (Å²) >= 11 is 0. The summed E-state index contributed by atoms with van der Waals surface area (Å²) in [6.45, 7) is 6.08. The molecule has 2 aromatic carbocycles. The average molecular weight is 298 g/mol. The SMILES string of the molecule is CCc1ccccc1C[C@H](Oc1ccc(C)c(C)c1)C(=O)O. The lowest BCUT2D eigenvalue weighted by Gasteiger charge is -2.17. The molecule has 1 atom stereocenters. The Hall–Kier alpha value is -2.29. The van der Waals surface area contributed by atoms with Gasteiger partial charge in [0.2, 0.25) is 0 Å². The smallest absolute Gasteiger partial charge is 0.345 e. The van der Waals surface area contributed by atoms with Crippen LogP contribution in [0.3, 0.4) is 0 Å². The molecule has 0 aliphatic heterocycles. The van der Waals surface area contributed by atoms with E-state index < -0.39 is 12.1 Å². The maximum atomic E-state index is 11.5. The van der Waals surface area contributed by atoms with Crippen molar-refractivity contribution < 1.29 is 14.6 Å². The van der Waals surface area contributed by atoms with Gasteiger partial charge in [0.05, 0.1) is 0 Å². The summed E-state index contributed by atoms with van der Waals surface area (Å²) in [4.78, 5) is 11.5.